The number of nitrogens with one attached hydrogen (secondary N) is 2. The van der Waals surface area contributed by atoms with Crippen LogP contribution in [-0.2, 0) is 6.54 Å². The van der Waals surface area contributed by atoms with Crippen LogP contribution in [0.3, 0.4) is 0 Å². The Morgan fingerprint density at radius 1 is 1.56 bits per heavy atom. The number of carbonyl (C=O) groups excluding carboxylic acids is 1. The van der Waals surface area contributed by atoms with Crippen LogP contribution in [0.5, 0.6) is 5.88 Å². The maximum Gasteiger partial charge on any atom is 0.267 e. The normalized spacial score (nSPS) is 10.1. The zero-order valence-corrected chi connectivity index (χ0v) is 11.3. The first-order valence-electron chi connectivity index (χ1n) is 5.30. The van der Waals surface area contributed by atoms with Gasteiger partial charge in [0.25, 0.3) is 5.91 Å². The van der Waals surface area contributed by atoms with Crippen LogP contribution >= 0.6 is 15.9 Å². The molecule has 2 heterocycles. The number of ether oxygens (including phenoxy) is 1. The van der Waals surface area contributed by atoms with Crippen molar-refractivity contribution < 1.29 is 9.53 Å². The van der Waals surface area contributed by atoms with E-state index in [4.69, 9.17) is 4.74 Å². The van der Waals surface area contributed by atoms with E-state index in [0.29, 0.717) is 18.1 Å². The van der Waals surface area contributed by atoms with Crippen molar-refractivity contribution in [2.75, 3.05) is 7.11 Å². The van der Waals surface area contributed by atoms with Gasteiger partial charge in [-0.15, -0.1) is 0 Å². The third kappa shape index (κ3) is 3.10. The maximum absolute atomic E-state index is 11.8. The maximum atomic E-state index is 11.8. The number of hydrogen-bond donors (Lipinski definition) is 2. The van der Waals surface area contributed by atoms with Gasteiger partial charge in [0.2, 0.25) is 5.88 Å². The third-order valence-electron chi connectivity index (χ3n) is 2.35. The highest BCUT2D eigenvalue weighted by atomic mass is 79.9. The Morgan fingerprint density at radius 3 is 3.06 bits per heavy atom. The molecule has 0 saturated carbocycles. The van der Waals surface area contributed by atoms with Crippen molar-refractivity contribution in [2.24, 2.45) is 0 Å². The van der Waals surface area contributed by atoms with Crippen molar-refractivity contribution in [1.82, 2.24) is 15.3 Å². The van der Waals surface area contributed by atoms with Gasteiger partial charge in [-0.3, -0.25) is 4.79 Å². The first-order chi connectivity index (χ1) is 8.69. The molecule has 2 aromatic rings. The molecule has 0 aromatic carbocycles. The Kier molecular flexibility index (Phi) is 3.99. The lowest BCUT2D eigenvalue weighted by Crippen LogP contribution is -2.23. The van der Waals surface area contributed by atoms with Gasteiger partial charge in [0, 0.05) is 29.5 Å². The molecule has 94 valence electrons. The van der Waals surface area contributed by atoms with Crippen molar-refractivity contribution >= 4 is 21.8 Å². The number of hydrogen-bond acceptors (Lipinski definition) is 3. The molecule has 2 rings (SSSR count). The average molecular weight is 310 g/mol. The predicted octanol–water partition coefficient (Wildman–Crippen LogP) is 2.11. The van der Waals surface area contributed by atoms with E-state index in [0.717, 1.165) is 10.0 Å². The first-order valence-corrected chi connectivity index (χ1v) is 6.09. The van der Waals surface area contributed by atoms with Gasteiger partial charge in [-0.2, -0.15) is 0 Å². The van der Waals surface area contributed by atoms with E-state index < -0.39 is 0 Å². The summed E-state index contributed by atoms with van der Waals surface area (Å²) >= 11 is 3.28. The van der Waals surface area contributed by atoms with E-state index in [2.05, 4.69) is 31.2 Å². The van der Waals surface area contributed by atoms with Gasteiger partial charge in [0.05, 0.1) is 7.11 Å². The number of methoxy groups -OCH3 is 1. The van der Waals surface area contributed by atoms with Gasteiger partial charge < -0.3 is 15.0 Å². The van der Waals surface area contributed by atoms with Gasteiger partial charge in [0.1, 0.15) is 5.69 Å². The number of halogens is 1. The minimum Gasteiger partial charge on any atom is -0.481 e. The number of aromatic amines is 1. The van der Waals surface area contributed by atoms with Crippen LogP contribution in [0.1, 0.15) is 16.1 Å². The predicted molar refractivity (Wildman–Crippen MR) is 70.5 cm³/mol. The Balaban J connectivity index is 1.97. The minimum absolute atomic E-state index is 0.156. The number of nitrogens with zero attached hydrogens (tertiary/aromatic N) is 1. The van der Waals surface area contributed by atoms with Crippen LogP contribution in [0.4, 0.5) is 0 Å². The zero-order valence-electron chi connectivity index (χ0n) is 9.74. The molecule has 0 fully saturated rings. The first kappa shape index (κ1) is 12.6. The summed E-state index contributed by atoms with van der Waals surface area (Å²) in [5.74, 6) is 0.376. The second kappa shape index (κ2) is 5.68. The monoisotopic (exact) mass is 309 g/mol. The van der Waals surface area contributed by atoms with Crippen LogP contribution in [0, 0.1) is 0 Å². The Morgan fingerprint density at radius 2 is 2.39 bits per heavy atom. The fraction of sp³-hybridized carbons (Fsp3) is 0.167. The van der Waals surface area contributed by atoms with Crippen molar-refractivity contribution in [2.45, 2.75) is 6.54 Å². The number of pyridine rings is 1. The molecule has 0 aliphatic carbocycles. The summed E-state index contributed by atoms with van der Waals surface area (Å²) < 4.78 is 5.86. The van der Waals surface area contributed by atoms with Gasteiger partial charge in [0.15, 0.2) is 0 Å². The lowest BCUT2D eigenvalue weighted by molar-refractivity contribution is 0.0946. The molecule has 0 unspecified atom stereocenters. The molecule has 5 nitrogen and oxygen atoms in total. The van der Waals surface area contributed by atoms with Crippen molar-refractivity contribution in [3.63, 3.8) is 0 Å². The van der Waals surface area contributed by atoms with E-state index in [1.54, 1.807) is 31.6 Å². The van der Waals surface area contributed by atoms with Crippen LogP contribution in [-0.4, -0.2) is 23.0 Å². The molecule has 0 aliphatic rings. The highest BCUT2D eigenvalue weighted by molar-refractivity contribution is 9.10. The summed E-state index contributed by atoms with van der Waals surface area (Å²) in [4.78, 5) is 18.6. The summed E-state index contributed by atoms with van der Waals surface area (Å²) in [6.07, 6.45) is 3.36. The molecule has 2 N–H and O–H groups in total. The van der Waals surface area contributed by atoms with E-state index in [1.807, 2.05) is 6.07 Å². The fourth-order valence-electron chi connectivity index (χ4n) is 1.45. The molecular formula is C12H12BrN3O2. The van der Waals surface area contributed by atoms with Crippen LogP contribution in [0.15, 0.2) is 35.1 Å². The topological polar surface area (TPSA) is 67.0 Å². The number of aromatic nitrogens is 2. The SMILES string of the molecule is COc1cc(CNC(=O)c2cc(Br)c[nH]2)ccn1. The lowest BCUT2D eigenvalue weighted by Gasteiger charge is -2.05. The fourth-order valence-corrected chi connectivity index (χ4v) is 1.79. The van der Waals surface area contributed by atoms with Gasteiger partial charge in [-0.05, 0) is 33.6 Å². The van der Waals surface area contributed by atoms with E-state index in [9.17, 15) is 4.79 Å². The van der Waals surface area contributed by atoms with Gasteiger partial charge in [-0.1, -0.05) is 0 Å². The standard InChI is InChI=1S/C12H12BrN3O2/c1-18-11-4-8(2-3-14-11)6-16-12(17)10-5-9(13)7-15-10/h2-5,7,15H,6H2,1H3,(H,16,17). The number of rotatable bonds is 4. The lowest BCUT2D eigenvalue weighted by atomic mass is 10.2. The van der Waals surface area contributed by atoms with E-state index in [1.165, 1.54) is 0 Å². The molecule has 0 saturated heterocycles. The summed E-state index contributed by atoms with van der Waals surface area (Å²) in [6.45, 7) is 0.425. The third-order valence-corrected chi connectivity index (χ3v) is 2.81. The summed E-state index contributed by atoms with van der Waals surface area (Å²) in [5, 5.41) is 2.81. The number of amides is 1. The van der Waals surface area contributed by atoms with Crippen molar-refractivity contribution in [1.29, 1.82) is 0 Å². The average Bonchev–Trinajstić information content (AvgIpc) is 2.83. The van der Waals surface area contributed by atoms with Crippen molar-refractivity contribution in [3.05, 3.63) is 46.3 Å². The van der Waals surface area contributed by atoms with Gasteiger partial charge in [-0.25, -0.2) is 4.98 Å². The van der Waals surface area contributed by atoms with E-state index in [-0.39, 0.29) is 5.91 Å². The molecule has 0 radical (unpaired) electrons. The summed E-state index contributed by atoms with van der Waals surface area (Å²) in [5.41, 5.74) is 1.45. The van der Waals surface area contributed by atoms with Gasteiger partial charge >= 0.3 is 0 Å². The van der Waals surface area contributed by atoms with Crippen LogP contribution < -0.4 is 10.1 Å². The molecule has 18 heavy (non-hydrogen) atoms. The van der Waals surface area contributed by atoms with Crippen LogP contribution in [0.25, 0.3) is 0 Å². The van der Waals surface area contributed by atoms with E-state index >= 15 is 0 Å². The number of H-pyrrole nitrogens is 1. The Hall–Kier alpha value is -1.82. The second-order valence-electron chi connectivity index (χ2n) is 3.62. The largest absolute Gasteiger partial charge is 0.481 e. The molecule has 0 atom stereocenters. The zero-order chi connectivity index (χ0) is 13.0. The molecule has 2 aromatic heterocycles. The Bertz CT molecular complexity index is 554. The second-order valence-corrected chi connectivity index (χ2v) is 4.54. The molecule has 6 heteroatoms. The molecule has 0 spiro atoms. The number of carbonyl (C=O) groups is 1. The Labute approximate surface area is 113 Å². The summed E-state index contributed by atoms with van der Waals surface area (Å²) in [6, 6.07) is 5.33. The quantitative estimate of drug-likeness (QED) is 0.909. The molecule has 1 amide bonds. The molecule has 0 bridgehead atoms. The smallest absolute Gasteiger partial charge is 0.267 e. The highest BCUT2D eigenvalue weighted by Crippen LogP contribution is 2.11. The minimum atomic E-state index is -0.156. The molecular weight excluding hydrogens is 298 g/mol. The van der Waals surface area contributed by atoms with Crippen molar-refractivity contribution in [3.8, 4) is 5.88 Å². The summed E-state index contributed by atoms with van der Waals surface area (Å²) in [7, 11) is 1.56. The highest BCUT2D eigenvalue weighted by Gasteiger charge is 2.07. The van der Waals surface area contributed by atoms with Crippen LogP contribution in [0.2, 0.25) is 0 Å². The molecule has 0 aliphatic heterocycles.